The Morgan fingerprint density at radius 1 is 1.40 bits per heavy atom. The van der Waals surface area contributed by atoms with Gasteiger partial charge in [0.25, 0.3) is 0 Å². The highest BCUT2D eigenvalue weighted by molar-refractivity contribution is 5.18. The maximum Gasteiger partial charge on any atom is 0.167 e. The Balaban J connectivity index is 2.04. The van der Waals surface area contributed by atoms with Crippen LogP contribution in [0.4, 0.5) is 0 Å². The molecule has 2 atom stereocenters. The van der Waals surface area contributed by atoms with Gasteiger partial charge in [-0.1, -0.05) is 30.3 Å². The average Bonchev–Trinajstić information content (AvgIpc) is 2.63. The first kappa shape index (κ1) is 10.6. The Labute approximate surface area is 90.2 Å². The van der Waals surface area contributed by atoms with Crippen molar-refractivity contribution in [2.24, 2.45) is 5.73 Å². The third-order valence-corrected chi connectivity index (χ3v) is 2.70. The first-order valence-corrected chi connectivity index (χ1v) is 5.30. The molecule has 1 saturated heterocycles. The molecule has 0 aromatic heterocycles. The van der Waals surface area contributed by atoms with E-state index in [-0.39, 0.29) is 6.10 Å². The van der Waals surface area contributed by atoms with Crippen LogP contribution in [-0.4, -0.2) is 18.9 Å². The minimum atomic E-state index is -0.505. The van der Waals surface area contributed by atoms with Crippen LogP contribution in [0.15, 0.2) is 30.3 Å². The van der Waals surface area contributed by atoms with Crippen LogP contribution in [0, 0.1) is 0 Å². The molecule has 0 radical (unpaired) electrons. The van der Waals surface area contributed by atoms with Gasteiger partial charge in [-0.05, 0) is 19.0 Å². The van der Waals surface area contributed by atoms with E-state index >= 15 is 0 Å². The molecule has 1 aromatic carbocycles. The van der Waals surface area contributed by atoms with Crippen LogP contribution >= 0.6 is 0 Å². The lowest BCUT2D eigenvalue weighted by Gasteiger charge is -2.22. The molecule has 1 aliphatic rings. The Morgan fingerprint density at radius 2 is 2.13 bits per heavy atom. The van der Waals surface area contributed by atoms with Crippen LogP contribution in [0.5, 0.6) is 0 Å². The van der Waals surface area contributed by atoms with E-state index in [4.69, 9.17) is 15.2 Å². The predicted molar refractivity (Wildman–Crippen MR) is 58.3 cm³/mol. The molecule has 0 aliphatic carbocycles. The van der Waals surface area contributed by atoms with Crippen LogP contribution in [0.3, 0.4) is 0 Å². The van der Waals surface area contributed by atoms with Crippen molar-refractivity contribution in [1.29, 1.82) is 0 Å². The second-order valence-corrected chi connectivity index (χ2v) is 4.00. The zero-order valence-electron chi connectivity index (χ0n) is 8.98. The second-order valence-electron chi connectivity index (χ2n) is 4.00. The molecule has 1 aliphatic heterocycles. The summed E-state index contributed by atoms with van der Waals surface area (Å²) in [6.07, 6.45) is 0.777. The first-order valence-electron chi connectivity index (χ1n) is 5.30. The summed E-state index contributed by atoms with van der Waals surface area (Å²) in [4.78, 5) is 0. The number of nitrogens with two attached hydrogens (primary N) is 1. The van der Waals surface area contributed by atoms with Crippen LogP contribution in [0.25, 0.3) is 0 Å². The van der Waals surface area contributed by atoms with Crippen LogP contribution in [-0.2, 0) is 9.47 Å². The standard InChI is InChI=1S/C12H17NO2/c1-12(7-8-13)14-9-11(15-12)10-5-3-2-4-6-10/h2-6,11H,7-9,13H2,1H3. The van der Waals surface area contributed by atoms with E-state index in [0.717, 1.165) is 6.42 Å². The van der Waals surface area contributed by atoms with Gasteiger partial charge in [-0.25, -0.2) is 0 Å². The zero-order chi connectivity index (χ0) is 10.7. The smallest absolute Gasteiger partial charge is 0.167 e. The van der Waals surface area contributed by atoms with Crippen molar-refractivity contribution in [2.75, 3.05) is 13.2 Å². The molecule has 0 bridgehead atoms. The lowest BCUT2D eigenvalue weighted by Crippen LogP contribution is -2.28. The Kier molecular flexibility index (Phi) is 3.05. The molecule has 1 heterocycles. The lowest BCUT2D eigenvalue weighted by atomic mass is 10.1. The maximum atomic E-state index is 5.87. The molecule has 1 fully saturated rings. The van der Waals surface area contributed by atoms with Gasteiger partial charge in [0, 0.05) is 6.42 Å². The van der Waals surface area contributed by atoms with Crippen LogP contribution < -0.4 is 5.73 Å². The van der Waals surface area contributed by atoms with E-state index < -0.39 is 5.79 Å². The van der Waals surface area contributed by atoms with Gasteiger partial charge in [0.2, 0.25) is 0 Å². The fourth-order valence-corrected chi connectivity index (χ4v) is 1.85. The SMILES string of the molecule is CC1(CCN)OCC(c2ccccc2)O1. The van der Waals surface area contributed by atoms with Crippen molar-refractivity contribution in [3.8, 4) is 0 Å². The highest BCUT2D eigenvalue weighted by atomic mass is 16.7. The molecule has 2 N–H and O–H groups in total. The number of hydrogen-bond donors (Lipinski definition) is 1. The van der Waals surface area contributed by atoms with E-state index in [1.165, 1.54) is 5.56 Å². The van der Waals surface area contributed by atoms with Crippen LogP contribution in [0.2, 0.25) is 0 Å². The molecular weight excluding hydrogens is 190 g/mol. The molecule has 3 nitrogen and oxygen atoms in total. The van der Waals surface area contributed by atoms with E-state index in [0.29, 0.717) is 13.2 Å². The number of hydrogen-bond acceptors (Lipinski definition) is 3. The van der Waals surface area contributed by atoms with Gasteiger partial charge in [0.15, 0.2) is 5.79 Å². The first-order chi connectivity index (χ1) is 7.23. The summed E-state index contributed by atoms with van der Waals surface area (Å²) in [7, 11) is 0. The van der Waals surface area contributed by atoms with Gasteiger partial charge in [-0.15, -0.1) is 0 Å². The average molecular weight is 207 g/mol. The Morgan fingerprint density at radius 3 is 2.80 bits per heavy atom. The van der Waals surface area contributed by atoms with E-state index in [1.807, 2.05) is 25.1 Å². The Hall–Kier alpha value is -0.900. The van der Waals surface area contributed by atoms with E-state index in [1.54, 1.807) is 0 Å². The van der Waals surface area contributed by atoms with E-state index in [2.05, 4.69) is 12.1 Å². The quantitative estimate of drug-likeness (QED) is 0.822. The lowest BCUT2D eigenvalue weighted by molar-refractivity contribution is -0.157. The number of benzene rings is 1. The molecule has 3 heteroatoms. The summed E-state index contributed by atoms with van der Waals surface area (Å²) in [5, 5.41) is 0. The van der Waals surface area contributed by atoms with Gasteiger partial charge < -0.3 is 15.2 Å². The fourth-order valence-electron chi connectivity index (χ4n) is 1.85. The summed E-state index contributed by atoms with van der Waals surface area (Å²) >= 11 is 0. The predicted octanol–water partition coefficient (Wildman–Crippen LogP) is 1.84. The molecule has 82 valence electrons. The summed E-state index contributed by atoms with van der Waals surface area (Å²) < 4.78 is 11.5. The number of ether oxygens (including phenoxy) is 2. The molecule has 0 saturated carbocycles. The fraction of sp³-hybridized carbons (Fsp3) is 0.500. The summed E-state index contributed by atoms with van der Waals surface area (Å²) in [6.45, 7) is 3.14. The van der Waals surface area contributed by atoms with E-state index in [9.17, 15) is 0 Å². The summed E-state index contributed by atoms with van der Waals surface area (Å²) in [5.74, 6) is -0.505. The van der Waals surface area contributed by atoms with Crippen molar-refractivity contribution in [3.05, 3.63) is 35.9 Å². The third-order valence-electron chi connectivity index (χ3n) is 2.70. The van der Waals surface area contributed by atoms with Gasteiger partial charge in [-0.3, -0.25) is 0 Å². The number of rotatable bonds is 3. The van der Waals surface area contributed by atoms with Crippen molar-refractivity contribution >= 4 is 0 Å². The molecule has 2 rings (SSSR count). The summed E-state index contributed by atoms with van der Waals surface area (Å²) in [6, 6.07) is 10.1. The zero-order valence-corrected chi connectivity index (χ0v) is 8.98. The largest absolute Gasteiger partial charge is 0.347 e. The van der Waals surface area contributed by atoms with Gasteiger partial charge in [-0.2, -0.15) is 0 Å². The molecule has 1 aromatic rings. The highest BCUT2D eigenvalue weighted by Crippen LogP contribution is 2.34. The van der Waals surface area contributed by atoms with Crippen molar-refractivity contribution in [2.45, 2.75) is 25.2 Å². The van der Waals surface area contributed by atoms with Crippen LogP contribution in [0.1, 0.15) is 25.0 Å². The minimum Gasteiger partial charge on any atom is -0.347 e. The van der Waals surface area contributed by atoms with Crippen molar-refractivity contribution in [1.82, 2.24) is 0 Å². The maximum absolute atomic E-state index is 5.87. The monoisotopic (exact) mass is 207 g/mol. The van der Waals surface area contributed by atoms with Gasteiger partial charge in [0.05, 0.1) is 6.61 Å². The molecule has 0 spiro atoms. The second kappa shape index (κ2) is 4.31. The topological polar surface area (TPSA) is 44.5 Å². The minimum absolute atomic E-state index is 0.0442. The third kappa shape index (κ3) is 2.37. The highest BCUT2D eigenvalue weighted by Gasteiger charge is 2.36. The normalized spacial score (nSPS) is 30.7. The Bertz CT molecular complexity index is 315. The van der Waals surface area contributed by atoms with Crippen molar-refractivity contribution in [3.63, 3.8) is 0 Å². The molecule has 2 unspecified atom stereocenters. The van der Waals surface area contributed by atoms with Gasteiger partial charge >= 0.3 is 0 Å². The van der Waals surface area contributed by atoms with Gasteiger partial charge in [0.1, 0.15) is 6.10 Å². The summed E-state index contributed by atoms with van der Waals surface area (Å²) in [5.41, 5.74) is 6.68. The van der Waals surface area contributed by atoms with Crippen molar-refractivity contribution < 1.29 is 9.47 Å². The molecule has 0 amide bonds. The molecular formula is C12H17NO2. The molecule has 15 heavy (non-hydrogen) atoms.